The van der Waals surface area contributed by atoms with Crippen molar-refractivity contribution in [1.29, 1.82) is 0 Å². The van der Waals surface area contributed by atoms with Crippen molar-refractivity contribution in [2.45, 2.75) is 26.9 Å². The number of hydrogen-bond acceptors (Lipinski definition) is 3. The summed E-state index contributed by atoms with van der Waals surface area (Å²) in [5.74, 6) is -1.65. The lowest BCUT2D eigenvalue weighted by Crippen LogP contribution is -2.29. The number of hydrogen-bond donors (Lipinski definition) is 1. The molecular formula is C20H19ClFNO3. The van der Waals surface area contributed by atoms with Gasteiger partial charge in [-0.25, -0.2) is 9.18 Å². The van der Waals surface area contributed by atoms with Crippen LogP contribution in [-0.4, -0.2) is 18.0 Å². The summed E-state index contributed by atoms with van der Waals surface area (Å²) in [6.45, 7) is 5.33. The molecule has 26 heavy (non-hydrogen) atoms. The Morgan fingerprint density at radius 3 is 2.58 bits per heavy atom. The number of amides is 1. The minimum Gasteiger partial charge on any atom is -0.449 e. The molecule has 0 aliphatic rings. The molecule has 0 fully saturated rings. The number of benzene rings is 2. The Labute approximate surface area is 156 Å². The highest BCUT2D eigenvalue weighted by Gasteiger charge is 2.17. The fraction of sp³-hybridized carbons (Fsp3) is 0.200. The number of rotatable bonds is 5. The molecule has 1 atom stereocenters. The molecule has 2 aromatic carbocycles. The number of esters is 1. The summed E-state index contributed by atoms with van der Waals surface area (Å²) < 4.78 is 18.2. The number of carbonyl (C=O) groups is 2. The first-order chi connectivity index (χ1) is 12.3. The monoisotopic (exact) mass is 375 g/mol. The third-order valence-electron chi connectivity index (χ3n) is 3.66. The molecule has 0 spiro atoms. The summed E-state index contributed by atoms with van der Waals surface area (Å²) >= 11 is 5.68. The Bertz CT molecular complexity index is 864. The normalized spacial score (nSPS) is 12.0. The van der Waals surface area contributed by atoms with Gasteiger partial charge >= 0.3 is 5.97 Å². The van der Waals surface area contributed by atoms with E-state index in [1.807, 2.05) is 26.0 Å². The van der Waals surface area contributed by atoms with Gasteiger partial charge < -0.3 is 10.1 Å². The van der Waals surface area contributed by atoms with Gasteiger partial charge in [-0.2, -0.15) is 0 Å². The third-order valence-corrected chi connectivity index (χ3v) is 3.95. The second kappa shape index (κ2) is 8.63. The van der Waals surface area contributed by atoms with Gasteiger partial charge in [0.25, 0.3) is 5.91 Å². The Balaban J connectivity index is 1.94. The Morgan fingerprint density at radius 2 is 1.92 bits per heavy atom. The summed E-state index contributed by atoms with van der Waals surface area (Å²) in [7, 11) is 0. The van der Waals surface area contributed by atoms with Gasteiger partial charge in [-0.3, -0.25) is 4.79 Å². The maximum atomic E-state index is 13.1. The zero-order valence-corrected chi connectivity index (χ0v) is 15.4. The molecule has 0 saturated carbocycles. The lowest BCUT2D eigenvalue weighted by atomic mass is 10.1. The van der Waals surface area contributed by atoms with E-state index < -0.39 is 23.8 Å². The predicted molar refractivity (Wildman–Crippen MR) is 101 cm³/mol. The van der Waals surface area contributed by atoms with Crippen molar-refractivity contribution >= 4 is 35.2 Å². The van der Waals surface area contributed by atoms with Gasteiger partial charge in [0, 0.05) is 11.8 Å². The molecule has 1 N–H and O–H groups in total. The molecule has 2 rings (SSSR count). The van der Waals surface area contributed by atoms with Gasteiger partial charge in [0.15, 0.2) is 6.10 Å². The summed E-state index contributed by atoms with van der Waals surface area (Å²) in [4.78, 5) is 24.0. The average molecular weight is 376 g/mol. The molecular weight excluding hydrogens is 357 g/mol. The molecule has 0 aliphatic carbocycles. The fourth-order valence-electron chi connectivity index (χ4n) is 2.24. The van der Waals surface area contributed by atoms with Crippen molar-refractivity contribution in [3.8, 4) is 0 Å². The number of anilines is 1. The first kappa shape index (κ1) is 19.7. The van der Waals surface area contributed by atoms with Gasteiger partial charge in [0.2, 0.25) is 0 Å². The lowest BCUT2D eigenvalue weighted by molar-refractivity contribution is -0.148. The topological polar surface area (TPSA) is 55.4 Å². The van der Waals surface area contributed by atoms with E-state index in [-0.39, 0.29) is 5.02 Å². The van der Waals surface area contributed by atoms with Crippen LogP contribution >= 0.6 is 11.6 Å². The molecule has 2 aromatic rings. The quantitative estimate of drug-likeness (QED) is 0.609. The van der Waals surface area contributed by atoms with E-state index in [1.54, 1.807) is 6.07 Å². The van der Waals surface area contributed by atoms with E-state index >= 15 is 0 Å². The van der Waals surface area contributed by atoms with Crippen LogP contribution in [0.25, 0.3) is 6.08 Å². The molecule has 136 valence electrons. The largest absolute Gasteiger partial charge is 0.449 e. The van der Waals surface area contributed by atoms with E-state index in [4.69, 9.17) is 16.3 Å². The zero-order chi connectivity index (χ0) is 19.3. The van der Waals surface area contributed by atoms with E-state index in [2.05, 4.69) is 5.32 Å². The maximum absolute atomic E-state index is 13.1. The molecule has 0 unspecified atom stereocenters. The van der Waals surface area contributed by atoms with Crippen molar-refractivity contribution in [1.82, 2.24) is 0 Å². The van der Waals surface area contributed by atoms with Gasteiger partial charge in [0.05, 0.1) is 5.02 Å². The first-order valence-electron chi connectivity index (χ1n) is 7.98. The fourth-order valence-corrected chi connectivity index (χ4v) is 2.42. The number of ether oxygens (including phenoxy) is 1. The van der Waals surface area contributed by atoms with Gasteiger partial charge in [-0.1, -0.05) is 35.4 Å². The second-order valence-corrected chi connectivity index (χ2v) is 6.30. The van der Waals surface area contributed by atoms with E-state index in [1.165, 1.54) is 31.2 Å². The van der Waals surface area contributed by atoms with Gasteiger partial charge in [-0.15, -0.1) is 0 Å². The predicted octanol–water partition coefficient (Wildman–Crippen LogP) is 4.68. The standard InChI is InChI=1S/C20H19ClFNO3/c1-12-4-8-18(13(2)10-12)23-20(25)14(3)26-19(24)9-6-15-5-7-17(22)16(21)11-15/h4-11,14H,1-3H3,(H,23,25)/b9-6+/t14-/m1/s1. The van der Waals surface area contributed by atoms with E-state index in [0.29, 0.717) is 11.3 Å². The van der Waals surface area contributed by atoms with Crippen LogP contribution < -0.4 is 5.32 Å². The SMILES string of the molecule is Cc1ccc(NC(=O)[C@@H](C)OC(=O)/C=C/c2ccc(F)c(Cl)c2)c(C)c1. The Kier molecular flexibility index (Phi) is 6.52. The summed E-state index contributed by atoms with van der Waals surface area (Å²) in [5.41, 5.74) is 3.22. The van der Waals surface area contributed by atoms with Crippen molar-refractivity contribution < 1.29 is 18.7 Å². The van der Waals surface area contributed by atoms with E-state index in [0.717, 1.165) is 17.2 Å². The first-order valence-corrected chi connectivity index (χ1v) is 8.36. The van der Waals surface area contributed by atoms with Crippen molar-refractivity contribution in [3.63, 3.8) is 0 Å². The van der Waals surface area contributed by atoms with E-state index in [9.17, 15) is 14.0 Å². The highest BCUT2D eigenvalue weighted by molar-refractivity contribution is 6.30. The molecule has 4 nitrogen and oxygen atoms in total. The zero-order valence-electron chi connectivity index (χ0n) is 14.7. The molecule has 1 amide bonds. The number of halogens is 2. The summed E-state index contributed by atoms with van der Waals surface area (Å²) in [5, 5.41) is 2.69. The molecule has 0 radical (unpaired) electrons. The molecule has 6 heteroatoms. The molecule has 0 aromatic heterocycles. The van der Waals surface area contributed by atoms with Crippen LogP contribution in [0.1, 0.15) is 23.6 Å². The third kappa shape index (κ3) is 5.43. The molecule has 0 heterocycles. The number of aryl methyl sites for hydroxylation is 2. The lowest BCUT2D eigenvalue weighted by Gasteiger charge is -2.14. The second-order valence-electron chi connectivity index (χ2n) is 5.89. The van der Waals surface area contributed by atoms with Crippen LogP contribution in [0.15, 0.2) is 42.5 Å². The molecule has 0 bridgehead atoms. The van der Waals surface area contributed by atoms with Crippen molar-refractivity contribution in [2.75, 3.05) is 5.32 Å². The van der Waals surface area contributed by atoms with Crippen LogP contribution in [0.2, 0.25) is 5.02 Å². The highest BCUT2D eigenvalue weighted by Crippen LogP contribution is 2.18. The average Bonchev–Trinajstić information content (AvgIpc) is 2.58. The number of nitrogens with one attached hydrogen (secondary N) is 1. The molecule has 0 saturated heterocycles. The van der Waals surface area contributed by atoms with Crippen molar-refractivity contribution in [3.05, 3.63) is 70.0 Å². The highest BCUT2D eigenvalue weighted by atomic mass is 35.5. The smallest absolute Gasteiger partial charge is 0.331 e. The maximum Gasteiger partial charge on any atom is 0.331 e. The molecule has 0 aliphatic heterocycles. The van der Waals surface area contributed by atoms with Gasteiger partial charge in [-0.05, 0) is 56.2 Å². The Morgan fingerprint density at radius 1 is 1.19 bits per heavy atom. The van der Waals surface area contributed by atoms with Crippen LogP contribution in [0.3, 0.4) is 0 Å². The minimum absolute atomic E-state index is 0.0401. The summed E-state index contributed by atoms with van der Waals surface area (Å²) in [6, 6.07) is 9.69. The van der Waals surface area contributed by atoms with Crippen LogP contribution in [0, 0.1) is 19.7 Å². The van der Waals surface area contributed by atoms with Crippen molar-refractivity contribution in [2.24, 2.45) is 0 Å². The minimum atomic E-state index is -0.968. The van der Waals surface area contributed by atoms with Gasteiger partial charge in [0.1, 0.15) is 5.82 Å². The summed E-state index contributed by atoms with van der Waals surface area (Å²) in [6.07, 6.45) is 1.62. The number of carbonyl (C=O) groups excluding carboxylic acids is 2. The van der Waals surface area contributed by atoms with Crippen LogP contribution in [0.4, 0.5) is 10.1 Å². The Hall–Kier alpha value is -2.66. The van der Waals surface area contributed by atoms with Crippen LogP contribution in [0.5, 0.6) is 0 Å². The van der Waals surface area contributed by atoms with Crippen LogP contribution in [-0.2, 0) is 14.3 Å².